The van der Waals surface area contributed by atoms with Crippen LogP contribution in [-0.4, -0.2) is 50.5 Å². The van der Waals surface area contributed by atoms with E-state index in [0.717, 1.165) is 28.8 Å². The molecule has 2 rings (SSSR count). The number of sulfonamides is 1. The third-order valence-corrected chi connectivity index (χ3v) is 6.81. The lowest BCUT2D eigenvalue weighted by molar-refractivity contribution is -0.141. The molecule has 2 aromatic rings. The van der Waals surface area contributed by atoms with Gasteiger partial charge in [0.2, 0.25) is 21.8 Å². The first-order valence-corrected chi connectivity index (χ1v) is 13.6. The van der Waals surface area contributed by atoms with Crippen molar-refractivity contribution in [3.05, 3.63) is 65.5 Å². The number of hydrogen-bond donors (Lipinski definition) is 1. The summed E-state index contributed by atoms with van der Waals surface area (Å²) in [4.78, 5) is 27.2. The highest BCUT2D eigenvalue weighted by Crippen LogP contribution is 2.32. The van der Waals surface area contributed by atoms with Gasteiger partial charge in [-0.1, -0.05) is 25.1 Å². The summed E-state index contributed by atoms with van der Waals surface area (Å²) in [6, 6.07) is 8.61. The normalized spacial score (nSPS) is 12.6. The first-order chi connectivity index (χ1) is 17.3. The Labute approximate surface area is 214 Å². The molecule has 0 saturated heterocycles. The molecule has 1 N–H and O–H groups in total. The van der Waals surface area contributed by atoms with Gasteiger partial charge in [0, 0.05) is 26.1 Å². The Bertz CT molecular complexity index is 1170. The number of halogens is 4. The van der Waals surface area contributed by atoms with Crippen molar-refractivity contribution < 1.29 is 35.6 Å². The molecule has 0 unspecified atom stereocenters. The van der Waals surface area contributed by atoms with E-state index in [1.807, 2.05) is 0 Å². The van der Waals surface area contributed by atoms with E-state index >= 15 is 0 Å². The Kier molecular flexibility index (Phi) is 10.5. The van der Waals surface area contributed by atoms with Crippen molar-refractivity contribution in [3.63, 3.8) is 0 Å². The van der Waals surface area contributed by atoms with E-state index in [-0.39, 0.29) is 37.5 Å². The summed E-state index contributed by atoms with van der Waals surface area (Å²) < 4.78 is 78.3. The first-order valence-electron chi connectivity index (χ1n) is 11.7. The molecule has 0 fully saturated rings. The van der Waals surface area contributed by atoms with Gasteiger partial charge in [-0.25, -0.2) is 12.8 Å². The lowest BCUT2D eigenvalue weighted by atomic mass is 10.1. The van der Waals surface area contributed by atoms with Gasteiger partial charge in [-0.3, -0.25) is 13.9 Å². The summed E-state index contributed by atoms with van der Waals surface area (Å²) in [7, 11) is -3.95. The molecule has 0 spiro atoms. The summed E-state index contributed by atoms with van der Waals surface area (Å²) in [5.74, 6) is -1.25. The van der Waals surface area contributed by atoms with E-state index in [1.54, 1.807) is 13.8 Å². The van der Waals surface area contributed by atoms with Crippen LogP contribution >= 0.6 is 0 Å². The lowest BCUT2D eigenvalue weighted by Gasteiger charge is -2.31. The minimum Gasteiger partial charge on any atom is -0.355 e. The monoisotopic (exact) mass is 545 g/mol. The predicted octanol–water partition coefficient (Wildman–Crippen LogP) is 4.33. The number of nitrogens with one attached hydrogen (secondary N) is 1. The average Bonchev–Trinajstić information content (AvgIpc) is 2.81. The maximum atomic E-state index is 13.3. The minimum atomic E-state index is -4.65. The van der Waals surface area contributed by atoms with Crippen molar-refractivity contribution in [1.82, 2.24) is 10.2 Å². The molecule has 0 aliphatic rings. The number of carbonyl (C=O) groups excluding carboxylic acids is 2. The number of alkyl halides is 3. The molecule has 0 heterocycles. The highest BCUT2D eigenvalue weighted by atomic mass is 32.2. The second kappa shape index (κ2) is 12.9. The number of nitrogens with zero attached hydrogens (tertiary/aromatic N) is 2. The molecule has 0 aromatic heterocycles. The van der Waals surface area contributed by atoms with Crippen molar-refractivity contribution in [1.29, 1.82) is 0 Å². The van der Waals surface area contributed by atoms with E-state index in [9.17, 15) is 35.6 Å². The number of rotatable bonds is 12. The molecule has 37 heavy (non-hydrogen) atoms. The van der Waals surface area contributed by atoms with Gasteiger partial charge in [0.15, 0.2) is 0 Å². The topological polar surface area (TPSA) is 86.8 Å². The third kappa shape index (κ3) is 8.73. The second-order valence-electron chi connectivity index (χ2n) is 8.45. The zero-order valence-electron chi connectivity index (χ0n) is 20.9. The molecule has 1 atom stereocenters. The number of benzene rings is 2. The van der Waals surface area contributed by atoms with Crippen LogP contribution in [0.4, 0.5) is 23.2 Å². The highest BCUT2D eigenvalue weighted by Gasteiger charge is 2.32. The van der Waals surface area contributed by atoms with Crippen LogP contribution < -0.4 is 9.62 Å². The van der Waals surface area contributed by atoms with E-state index in [0.29, 0.717) is 18.5 Å². The van der Waals surface area contributed by atoms with Crippen LogP contribution in [0, 0.1) is 5.82 Å². The second-order valence-corrected chi connectivity index (χ2v) is 10.4. The van der Waals surface area contributed by atoms with Gasteiger partial charge >= 0.3 is 6.18 Å². The maximum absolute atomic E-state index is 13.3. The van der Waals surface area contributed by atoms with Gasteiger partial charge < -0.3 is 10.2 Å². The van der Waals surface area contributed by atoms with Crippen LogP contribution in [0.5, 0.6) is 0 Å². The van der Waals surface area contributed by atoms with Crippen LogP contribution in [-0.2, 0) is 32.3 Å². The molecular weight excluding hydrogens is 514 g/mol. The van der Waals surface area contributed by atoms with Crippen LogP contribution in [0.3, 0.4) is 0 Å². The summed E-state index contributed by atoms with van der Waals surface area (Å²) >= 11 is 0. The lowest BCUT2D eigenvalue weighted by Crippen LogP contribution is -2.49. The predicted molar refractivity (Wildman–Crippen MR) is 133 cm³/mol. The fraction of sp³-hybridized carbons (Fsp3) is 0.440. The van der Waals surface area contributed by atoms with E-state index in [1.165, 1.54) is 35.2 Å². The molecule has 12 heteroatoms. The van der Waals surface area contributed by atoms with Crippen LogP contribution in [0.25, 0.3) is 0 Å². The molecule has 2 aromatic carbocycles. The van der Waals surface area contributed by atoms with Crippen molar-refractivity contribution in [3.8, 4) is 0 Å². The number of carbonyl (C=O) groups is 2. The van der Waals surface area contributed by atoms with Gasteiger partial charge in [0.25, 0.3) is 0 Å². The first kappa shape index (κ1) is 30.1. The molecule has 0 bridgehead atoms. The Balaban J connectivity index is 2.24. The molecule has 2 amide bonds. The molecular formula is C25H31F4N3O4S. The van der Waals surface area contributed by atoms with Crippen LogP contribution in [0.15, 0.2) is 48.5 Å². The minimum absolute atomic E-state index is 0.00605. The average molecular weight is 546 g/mol. The molecule has 0 aliphatic carbocycles. The quantitative estimate of drug-likeness (QED) is 0.402. The molecule has 0 saturated carbocycles. The molecule has 204 valence electrons. The van der Waals surface area contributed by atoms with Gasteiger partial charge in [0.1, 0.15) is 11.9 Å². The van der Waals surface area contributed by atoms with E-state index < -0.39 is 39.5 Å². The van der Waals surface area contributed by atoms with Gasteiger partial charge in [-0.15, -0.1) is 0 Å². The third-order valence-electron chi connectivity index (χ3n) is 5.62. The smallest absolute Gasteiger partial charge is 0.355 e. The summed E-state index contributed by atoms with van der Waals surface area (Å²) in [6.45, 7) is 3.62. The molecule has 0 aliphatic heterocycles. The van der Waals surface area contributed by atoms with Crippen LogP contribution in [0.1, 0.15) is 44.2 Å². The van der Waals surface area contributed by atoms with E-state index in [4.69, 9.17) is 0 Å². The number of amides is 2. The Morgan fingerprint density at radius 3 is 2.24 bits per heavy atom. The standard InChI is InChI=1S/C25H31F4N3O4S/c1-4-22(24(34)30-5-2)31(17-18-11-13-20(26)14-12-18)23(33)10-7-15-32(37(3,35)36)21-9-6-8-19(16-21)25(27,28)29/h6,8-9,11-14,16,22H,4-5,7,10,15,17H2,1-3H3,(H,30,34)/t22-/m1/s1. The van der Waals surface area contributed by atoms with Gasteiger partial charge in [0.05, 0.1) is 17.5 Å². The summed E-state index contributed by atoms with van der Waals surface area (Å²) in [6.07, 6.45) is -3.64. The number of likely N-dealkylation sites (N-methyl/N-ethyl adjacent to an activating group) is 1. The fourth-order valence-electron chi connectivity index (χ4n) is 3.84. The number of hydrogen-bond acceptors (Lipinski definition) is 4. The highest BCUT2D eigenvalue weighted by molar-refractivity contribution is 7.92. The molecule has 7 nitrogen and oxygen atoms in total. The van der Waals surface area contributed by atoms with Crippen molar-refractivity contribution in [2.24, 2.45) is 0 Å². The zero-order chi connectivity index (χ0) is 27.8. The zero-order valence-corrected chi connectivity index (χ0v) is 21.7. The van der Waals surface area contributed by atoms with Gasteiger partial charge in [-0.2, -0.15) is 13.2 Å². The number of anilines is 1. The Morgan fingerprint density at radius 1 is 1.05 bits per heavy atom. The van der Waals surface area contributed by atoms with Gasteiger partial charge in [-0.05, 0) is 55.7 Å². The summed E-state index contributed by atoms with van der Waals surface area (Å²) in [5, 5.41) is 2.69. The van der Waals surface area contributed by atoms with Crippen molar-refractivity contribution in [2.45, 2.75) is 51.9 Å². The largest absolute Gasteiger partial charge is 0.416 e. The summed E-state index contributed by atoms with van der Waals surface area (Å²) in [5.41, 5.74) is -0.561. The maximum Gasteiger partial charge on any atom is 0.416 e. The Morgan fingerprint density at radius 2 is 1.70 bits per heavy atom. The van der Waals surface area contributed by atoms with Crippen molar-refractivity contribution >= 4 is 27.5 Å². The van der Waals surface area contributed by atoms with E-state index in [2.05, 4.69) is 5.32 Å². The Hall–Kier alpha value is -3.15. The van der Waals surface area contributed by atoms with Crippen LogP contribution in [0.2, 0.25) is 0 Å². The molecule has 0 radical (unpaired) electrons. The fourth-order valence-corrected chi connectivity index (χ4v) is 4.80. The SMILES string of the molecule is CCNC(=O)[C@@H](CC)N(Cc1ccc(F)cc1)C(=O)CCCN(c1cccc(C(F)(F)F)c1)S(C)(=O)=O. The van der Waals surface area contributed by atoms with Crippen molar-refractivity contribution in [2.75, 3.05) is 23.7 Å².